The van der Waals surface area contributed by atoms with E-state index in [0.717, 1.165) is 12.8 Å². The first-order valence-corrected chi connectivity index (χ1v) is 3.28. The molecule has 0 aromatic carbocycles. The molecule has 1 aliphatic rings. The van der Waals surface area contributed by atoms with Gasteiger partial charge in [0.25, 0.3) is 0 Å². The van der Waals surface area contributed by atoms with E-state index in [1.807, 2.05) is 19.0 Å². The summed E-state index contributed by atoms with van der Waals surface area (Å²) in [7, 11) is 5.61. The minimum absolute atomic E-state index is 0.0556. The second kappa shape index (κ2) is 1.84. The molecule has 1 aliphatic carbocycles. The van der Waals surface area contributed by atoms with Crippen molar-refractivity contribution in [1.82, 2.24) is 4.90 Å². The van der Waals surface area contributed by atoms with Crippen molar-refractivity contribution in [2.45, 2.75) is 18.4 Å². The monoisotopic (exact) mass is 125 g/mol. The molecular formula is C6H12BNO. The smallest absolute Gasteiger partial charge is 0.189 e. The maximum atomic E-state index is 10.9. The predicted molar refractivity (Wildman–Crippen MR) is 39.2 cm³/mol. The number of carbonyl (C=O) groups is 1. The Balaban J connectivity index is 2.63. The Morgan fingerprint density at radius 1 is 1.56 bits per heavy atom. The van der Waals surface area contributed by atoms with Gasteiger partial charge in [-0.1, -0.05) is 0 Å². The first-order valence-electron chi connectivity index (χ1n) is 3.28. The molecule has 0 aromatic rings. The number of likely N-dealkylation sites (N-methyl/N-ethyl adjacent to an activating group) is 1. The van der Waals surface area contributed by atoms with Crippen molar-refractivity contribution in [3.05, 3.63) is 0 Å². The lowest BCUT2D eigenvalue weighted by atomic mass is 9.92. The second-order valence-electron chi connectivity index (χ2n) is 2.98. The van der Waals surface area contributed by atoms with E-state index in [0.29, 0.717) is 5.68 Å². The first kappa shape index (κ1) is 6.81. The number of rotatable bonds is 2. The molecule has 0 spiro atoms. The van der Waals surface area contributed by atoms with Gasteiger partial charge in [0.1, 0.15) is 5.68 Å². The molecule has 1 saturated carbocycles. The summed E-state index contributed by atoms with van der Waals surface area (Å²) >= 11 is 0. The van der Waals surface area contributed by atoms with Crippen molar-refractivity contribution < 1.29 is 4.79 Å². The lowest BCUT2D eigenvalue weighted by Crippen LogP contribution is -2.38. The van der Waals surface area contributed by atoms with Gasteiger partial charge in [-0.25, -0.2) is 0 Å². The number of nitrogens with zero attached hydrogens (tertiary/aromatic N) is 1. The van der Waals surface area contributed by atoms with Crippen molar-refractivity contribution in [2.75, 3.05) is 14.1 Å². The molecule has 0 atom stereocenters. The molecule has 50 valence electrons. The molecule has 1 fully saturated rings. The summed E-state index contributed by atoms with van der Waals surface area (Å²) in [6.45, 7) is 0. The highest BCUT2D eigenvalue weighted by Gasteiger charge is 2.48. The van der Waals surface area contributed by atoms with Crippen molar-refractivity contribution in [1.29, 1.82) is 0 Å². The van der Waals surface area contributed by atoms with E-state index in [4.69, 9.17) is 0 Å². The Labute approximate surface area is 56.6 Å². The summed E-state index contributed by atoms with van der Waals surface area (Å²) in [6, 6.07) is 0. The maximum Gasteiger partial charge on any atom is 0.189 e. The van der Waals surface area contributed by atoms with Crippen LogP contribution in [0.3, 0.4) is 0 Å². The van der Waals surface area contributed by atoms with Crippen LogP contribution in [0.15, 0.2) is 0 Å². The van der Waals surface area contributed by atoms with Gasteiger partial charge in [-0.3, -0.25) is 4.90 Å². The lowest BCUT2D eigenvalue weighted by molar-refractivity contribution is -0.116. The topological polar surface area (TPSA) is 20.3 Å². The fourth-order valence-corrected chi connectivity index (χ4v) is 1.23. The minimum atomic E-state index is -0.0556. The van der Waals surface area contributed by atoms with Crippen molar-refractivity contribution in [3.63, 3.8) is 0 Å². The van der Waals surface area contributed by atoms with Crippen LogP contribution in [0.4, 0.5) is 0 Å². The molecule has 0 heterocycles. The third kappa shape index (κ3) is 0.895. The highest BCUT2D eigenvalue weighted by molar-refractivity contribution is 6.60. The van der Waals surface area contributed by atoms with Gasteiger partial charge in [0.15, 0.2) is 7.85 Å². The molecule has 0 unspecified atom stereocenters. The summed E-state index contributed by atoms with van der Waals surface area (Å²) in [5.41, 5.74) is 0.257. The predicted octanol–water partition coefficient (Wildman–Crippen LogP) is -0.760. The van der Waals surface area contributed by atoms with E-state index >= 15 is 0 Å². The average Bonchev–Trinajstić information content (AvgIpc) is 2.40. The summed E-state index contributed by atoms with van der Waals surface area (Å²) in [5.74, 6) is 0. The molecule has 0 N–H and O–H groups in total. The van der Waals surface area contributed by atoms with Gasteiger partial charge in [0, 0.05) is 0 Å². The Bertz CT molecular complexity index is 140. The van der Waals surface area contributed by atoms with Crippen LogP contribution in [0, 0.1) is 0 Å². The maximum absolute atomic E-state index is 10.9. The zero-order chi connectivity index (χ0) is 7.07. The molecule has 0 saturated heterocycles. The van der Waals surface area contributed by atoms with Gasteiger partial charge in [-0.15, -0.1) is 0 Å². The Morgan fingerprint density at radius 2 is 2.00 bits per heavy atom. The summed E-state index contributed by atoms with van der Waals surface area (Å²) in [5, 5.41) is 0. The summed E-state index contributed by atoms with van der Waals surface area (Å²) < 4.78 is 0. The molecule has 2 nitrogen and oxygen atoms in total. The largest absolute Gasteiger partial charge is 0.310 e. The highest BCUT2D eigenvalue weighted by Crippen LogP contribution is 2.39. The van der Waals surface area contributed by atoms with Gasteiger partial charge in [0.2, 0.25) is 0 Å². The SMILES string of the molecule is BC(=O)C1(N(C)C)CC1. The van der Waals surface area contributed by atoms with Gasteiger partial charge >= 0.3 is 0 Å². The summed E-state index contributed by atoms with van der Waals surface area (Å²) in [4.78, 5) is 13.0. The molecule has 9 heavy (non-hydrogen) atoms. The molecule has 3 heteroatoms. The van der Waals surface area contributed by atoms with Crippen LogP contribution in [0.5, 0.6) is 0 Å². The molecule has 0 radical (unpaired) electrons. The van der Waals surface area contributed by atoms with Crippen LogP contribution < -0.4 is 0 Å². The Hall–Kier alpha value is -0.305. The van der Waals surface area contributed by atoms with Gasteiger partial charge in [-0.2, -0.15) is 0 Å². The van der Waals surface area contributed by atoms with E-state index < -0.39 is 0 Å². The number of hydrogen-bond acceptors (Lipinski definition) is 2. The van der Waals surface area contributed by atoms with Crippen LogP contribution in [0.25, 0.3) is 0 Å². The molecule has 1 rings (SSSR count). The summed E-state index contributed by atoms with van der Waals surface area (Å²) in [6.07, 6.45) is 2.10. The Morgan fingerprint density at radius 3 is 2.00 bits per heavy atom. The molecule has 0 bridgehead atoms. The number of carbonyl (C=O) groups excluding carboxylic acids is 1. The first-order chi connectivity index (χ1) is 4.09. The average molecular weight is 125 g/mol. The van der Waals surface area contributed by atoms with Crippen molar-refractivity contribution in [2.24, 2.45) is 0 Å². The second-order valence-corrected chi connectivity index (χ2v) is 2.98. The van der Waals surface area contributed by atoms with Gasteiger partial charge in [0.05, 0.1) is 5.54 Å². The van der Waals surface area contributed by atoms with Crippen LogP contribution >= 0.6 is 0 Å². The van der Waals surface area contributed by atoms with E-state index in [9.17, 15) is 4.79 Å². The van der Waals surface area contributed by atoms with Gasteiger partial charge in [-0.05, 0) is 26.9 Å². The lowest BCUT2D eigenvalue weighted by Gasteiger charge is -2.20. The van der Waals surface area contributed by atoms with Crippen molar-refractivity contribution in [3.8, 4) is 0 Å². The molecule has 0 amide bonds. The number of hydrogen-bond donors (Lipinski definition) is 0. The van der Waals surface area contributed by atoms with Crippen LogP contribution in [-0.4, -0.2) is 38.1 Å². The van der Waals surface area contributed by atoms with E-state index in [2.05, 4.69) is 0 Å². The minimum Gasteiger partial charge on any atom is -0.310 e. The highest BCUT2D eigenvalue weighted by atomic mass is 16.1. The van der Waals surface area contributed by atoms with Crippen LogP contribution in [-0.2, 0) is 4.79 Å². The zero-order valence-corrected chi connectivity index (χ0v) is 6.27. The van der Waals surface area contributed by atoms with Crippen LogP contribution in [0.2, 0.25) is 0 Å². The standard InChI is InChI=1S/C6H12BNO/c1-8(2)6(3-4-6)5(7)9/h3-4,7H2,1-2H3. The molecule has 0 aliphatic heterocycles. The third-order valence-electron chi connectivity index (χ3n) is 2.24. The quantitative estimate of drug-likeness (QED) is 0.452. The van der Waals surface area contributed by atoms with Crippen molar-refractivity contribution >= 4 is 13.5 Å². The van der Waals surface area contributed by atoms with E-state index in [1.54, 1.807) is 7.85 Å². The normalized spacial score (nSPS) is 22.1. The molecule has 0 aromatic heterocycles. The molecular weight excluding hydrogens is 113 g/mol. The zero-order valence-electron chi connectivity index (χ0n) is 6.27. The Kier molecular flexibility index (Phi) is 1.39. The third-order valence-corrected chi connectivity index (χ3v) is 2.24. The fraction of sp³-hybridized carbons (Fsp3) is 0.833. The van der Waals surface area contributed by atoms with E-state index in [-0.39, 0.29) is 5.54 Å². The van der Waals surface area contributed by atoms with Crippen LogP contribution in [0.1, 0.15) is 12.8 Å². The van der Waals surface area contributed by atoms with Gasteiger partial charge < -0.3 is 4.79 Å². The van der Waals surface area contributed by atoms with E-state index in [1.165, 1.54) is 0 Å². The fourth-order valence-electron chi connectivity index (χ4n) is 1.23.